The smallest absolute Gasteiger partial charge is 0.114 e. The van der Waals surface area contributed by atoms with Crippen LogP contribution in [0.3, 0.4) is 0 Å². The fourth-order valence-electron chi connectivity index (χ4n) is 1.25. The third-order valence-electron chi connectivity index (χ3n) is 2.00. The van der Waals surface area contributed by atoms with Gasteiger partial charge >= 0.3 is 0 Å². The SMILES string of the molecule is NCc1cnn(-c2ccccc2)c1Br. The largest absolute Gasteiger partial charge is 0.326 e. The number of halogens is 1. The highest BCUT2D eigenvalue weighted by Gasteiger charge is 2.06. The van der Waals surface area contributed by atoms with Gasteiger partial charge in [-0.05, 0) is 28.1 Å². The maximum Gasteiger partial charge on any atom is 0.114 e. The molecule has 0 spiro atoms. The molecule has 2 rings (SSSR count). The van der Waals surface area contributed by atoms with E-state index in [1.807, 2.05) is 35.0 Å². The van der Waals surface area contributed by atoms with Crippen molar-refractivity contribution in [3.63, 3.8) is 0 Å². The van der Waals surface area contributed by atoms with Gasteiger partial charge < -0.3 is 5.73 Å². The maximum atomic E-state index is 5.56. The monoisotopic (exact) mass is 251 g/mol. The summed E-state index contributed by atoms with van der Waals surface area (Å²) in [5.41, 5.74) is 7.59. The number of benzene rings is 1. The number of hydrogen-bond acceptors (Lipinski definition) is 2. The van der Waals surface area contributed by atoms with Crippen molar-refractivity contribution in [2.75, 3.05) is 0 Å². The Kier molecular flexibility index (Phi) is 2.65. The van der Waals surface area contributed by atoms with Gasteiger partial charge in [-0.15, -0.1) is 0 Å². The molecule has 0 aliphatic rings. The highest BCUT2D eigenvalue weighted by atomic mass is 79.9. The van der Waals surface area contributed by atoms with Gasteiger partial charge in [-0.2, -0.15) is 5.10 Å². The Morgan fingerprint density at radius 3 is 2.57 bits per heavy atom. The summed E-state index contributed by atoms with van der Waals surface area (Å²) < 4.78 is 2.74. The molecule has 0 unspecified atom stereocenters. The lowest BCUT2D eigenvalue weighted by Crippen LogP contribution is -1.98. The summed E-state index contributed by atoms with van der Waals surface area (Å²) in [6.07, 6.45) is 1.77. The number of aromatic nitrogens is 2. The number of rotatable bonds is 2. The van der Waals surface area contributed by atoms with E-state index in [4.69, 9.17) is 5.73 Å². The van der Waals surface area contributed by atoms with Crippen LogP contribution in [0.4, 0.5) is 0 Å². The summed E-state index contributed by atoms with van der Waals surface area (Å²) in [5, 5.41) is 4.25. The fourth-order valence-corrected chi connectivity index (χ4v) is 1.81. The van der Waals surface area contributed by atoms with Crippen molar-refractivity contribution < 1.29 is 0 Å². The van der Waals surface area contributed by atoms with E-state index in [0.29, 0.717) is 6.54 Å². The van der Waals surface area contributed by atoms with Crippen LogP contribution in [0.25, 0.3) is 5.69 Å². The van der Waals surface area contributed by atoms with Crippen LogP contribution >= 0.6 is 15.9 Å². The van der Waals surface area contributed by atoms with E-state index >= 15 is 0 Å². The molecule has 3 nitrogen and oxygen atoms in total. The lowest BCUT2D eigenvalue weighted by molar-refractivity contribution is 0.858. The molecule has 0 amide bonds. The third-order valence-corrected chi connectivity index (χ3v) is 2.85. The van der Waals surface area contributed by atoms with Crippen LogP contribution in [-0.2, 0) is 6.54 Å². The predicted octanol–water partition coefficient (Wildman–Crippen LogP) is 2.09. The van der Waals surface area contributed by atoms with Gasteiger partial charge in [0, 0.05) is 12.1 Å². The van der Waals surface area contributed by atoms with Gasteiger partial charge in [0.05, 0.1) is 11.9 Å². The molecule has 2 N–H and O–H groups in total. The Bertz CT molecular complexity index is 422. The Morgan fingerprint density at radius 2 is 2.00 bits per heavy atom. The Morgan fingerprint density at radius 1 is 1.29 bits per heavy atom. The molecule has 72 valence electrons. The summed E-state index contributed by atoms with van der Waals surface area (Å²) in [5.74, 6) is 0. The van der Waals surface area contributed by atoms with E-state index in [1.165, 1.54) is 0 Å². The Hall–Kier alpha value is -1.13. The first-order valence-corrected chi connectivity index (χ1v) is 5.10. The number of nitrogens with two attached hydrogens (primary N) is 1. The molecule has 0 aliphatic carbocycles. The predicted molar refractivity (Wildman–Crippen MR) is 59.2 cm³/mol. The highest BCUT2D eigenvalue weighted by molar-refractivity contribution is 9.10. The second kappa shape index (κ2) is 3.94. The molecular formula is C10H10BrN3. The standard InChI is InChI=1S/C10H10BrN3/c11-10-8(6-12)7-13-14(10)9-4-2-1-3-5-9/h1-5,7H,6,12H2. The molecule has 1 aromatic carbocycles. The molecular weight excluding hydrogens is 242 g/mol. The van der Waals surface area contributed by atoms with Gasteiger partial charge in [-0.3, -0.25) is 0 Å². The molecule has 0 radical (unpaired) electrons. The van der Waals surface area contributed by atoms with Gasteiger partial charge in [0.25, 0.3) is 0 Å². The molecule has 0 atom stereocenters. The van der Waals surface area contributed by atoms with E-state index in [1.54, 1.807) is 6.20 Å². The quantitative estimate of drug-likeness (QED) is 0.889. The molecule has 0 saturated carbocycles. The lowest BCUT2D eigenvalue weighted by atomic mass is 10.3. The average molecular weight is 252 g/mol. The van der Waals surface area contributed by atoms with Gasteiger partial charge in [0.2, 0.25) is 0 Å². The highest BCUT2D eigenvalue weighted by Crippen LogP contribution is 2.19. The zero-order chi connectivity index (χ0) is 9.97. The summed E-state index contributed by atoms with van der Waals surface area (Å²) in [7, 11) is 0. The first-order chi connectivity index (χ1) is 6.83. The summed E-state index contributed by atoms with van der Waals surface area (Å²) in [6, 6.07) is 9.93. The molecule has 0 saturated heterocycles. The fraction of sp³-hybridized carbons (Fsp3) is 0.100. The molecule has 0 bridgehead atoms. The number of para-hydroxylation sites is 1. The minimum Gasteiger partial charge on any atom is -0.326 e. The van der Waals surface area contributed by atoms with E-state index < -0.39 is 0 Å². The second-order valence-electron chi connectivity index (χ2n) is 2.91. The Balaban J connectivity index is 2.48. The van der Waals surface area contributed by atoms with Crippen molar-refractivity contribution in [2.45, 2.75) is 6.54 Å². The van der Waals surface area contributed by atoms with Crippen LogP contribution in [0.5, 0.6) is 0 Å². The zero-order valence-electron chi connectivity index (χ0n) is 7.52. The molecule has 4 heteroatoms. The summed E-state index contributed by atoms with van der Waals surface area (Å²) >= 11 is 3.47. The van der Waals surface area contributed by atoms with Crippen molar-refractivity contribution in [2.24, 2.45) is 5.73 Å². The van der Waals surface area contributed by atoms with Crippen molar-refractivity contribution in [3.05, 3.63) is 46.7 Å². The number of hydrogen-bond donors (Lipinski definition) is 1. The zero-order valence-corrected chi connectivity index (χ0v) is 9.11. The molecule has 0 aliphatic heterocycles. The van der Waals surface area contributed by atoms with E-state index in [-0.39, 0.29) is 0 Å². The van der Waals surface area contributed by atoms with E-state index in [2.05, 4.69) is 21.0 Å². The van der Waals surface area contributed by atoms with Crippen LogP contribution in [0.1, 0.15) is 5.56 Å². The first kappa shape index (κ1) is 9.43. The normalized spacial score (nSPS) is 10.4. The van der Waals surface area contributed by atoms with Crippen molar-refractivity contribution in [1.82, 2.24) is 9.78 Å². The van der Waals surface area contributed by atoms with Crippen LogP contribution in [0.2, 0.25) is 0 Å². The molecule has 2 aromatic rings. The van der Waals surface area contributed by atoms with Crippen molar-refractivity contribution in [1.29, 1.82) is 0 Å². The van der Waals surface area contributed by atoms with Crippen LogP contribution < -0.4 is 5.73 Å². The van der Waals surface area contributed by atoms with Gasteiger partial charge in [0.1, 0.15) is 4.60 Å². The van der Waals surface area contributed by atoms with Gasteiger partial charge in [-0.1, -0.05) is 18.2 Å². The molecule has 14 heavy (non-hydrogen) atoms. The average Bonchev–Trinajstić information content (AvgIpc) is 2.61. The van der Waals surface area contributed by atoms with Gasteiger partial charge in [0.15, 0.2) is 0 Å². The lowest BCUT2D eigenvalue weighted by Gasteiger charge is -2.02. The van der Waals surface area contributed by atoms with E-state index in [9.17, 15) is 0 Å². The maximum absolute atomic E-state index is 5.56. The van der Waals surface area contributed by atoms with Crippen LogP contribution in [-0.4, -0.2) is 9.78 Å². The number of nitrogens with zero attached hydrogens (tertiary/aromatic N) is 2. The van der Waals surface area contributed by atoms with Crippen LogP contribution in [0.15, 0.2) is 41.1 Å². The molecule has 1 aromatic heterocycles. The minimum absolute atomic E-state index is 0.493. The minimum atomic E-state index is 0.493. The second-order valence-corrected chi connectivity index (χ2v) is 3.66. The summed E-state index contributed by atoms with van der Waals surface area (Å²) in [6.45, 7) is 0.493. The van der Waals surface area contributed by atoms with E-state index in [0.717, 1.165) is 15.9 Å². The molecule has 1 heterocycles. The van der Waals surface area contributed by atoms with Crippen molar-refractivity contribution in [3.8, 4) is 5.69 Å². The van der Waals surface area contributed by atoms with Crippen molar-refractivity contribution >= 4 is 15.9 Å². The van der Waals surface area contributed by atoms with Crippen LogP contribution in [0, 0.1) is 0 Å². The summed E-state index contributed by atoms with van der Waals surface area (Å²) in [4.78, 5) is 0. The third kappa shape index (κ3) is 1.58. The van der Waals surface area contributed by atoms with Gasteiger partial charge in [-0.25, -0.2) is 4.68 Å². The first-order valence-electron chi connectivity index (χ1n) is 4.31. The Labute approximate surface area is 90.7 Å². The molecule has 0 fully saturated rings. The topological polar surface area (TPSA) is 43.8 Å².